The van der Waals surface area contributed by atoms with Crippen LogP contribution in [0, 0.1) is 0 Å². The number of para-hydroxylation sites is 2. The lowest BCUT2D eigenvalue weighted by atomic mass is 10.1. The van der Waals surface area contributed by atoms with Crippen molar-refractivity contribution < 1.29 is 14.3 Å². The number of rotatable bonds is 6. The zero-order valence-electron chi connectivity index (χ0n) is 11.6. The first-order chi connectivity index (χ1) is 10.1. The number of benzene rings is 1. The summed E-state index contributed by atoms with van der Waals surface area (Å²) in [6.45, 7) is -0.132. The molecule has 3 N–H and O–H groups in total. The molecule has 2 amide bonds. The summed E-state index contributed by atoms with van der Waals surface area (Å²) in [6.07, 6.45) is 1.75. The second-order valence-electron chi connectivity index (χ2n) is 4.51. The monoisotopic (exact) mass is 288 g/mol. The van der Waals surface area contributed by atoms with Crippen molar-refractivity contribution in [3.8, 4) is 0 Å². The summed E-state index contributed by atoms with van der Waals surface area (Å²) in [4.78, 5) is 31.6. The van der Waals surface area contributed by atoms with Gasteiger partial charge in [-0.2, -0.15) is 0 Å². The van der Waals surface area contributed by atoms with Crippen LogP contribution in [0.2, 0.25) is 0 Å². The van der Waals surface area contributed by atoms with Crippen LogP contribution >= 0.6 is 0 Å². The number of ether oxygens (including phenoxy) is 1. The van der Waals surface area contributed by atoms with Gasteiger partial charge in [-0.05, 0) is 12.1 Å². The number of nitrogens with one attached hydrogen (secondary N) is 1. The number of hydrogen-bond acceptors (Lipinski definition) is 5. The molecule has 2 aromatic rings. The number of fused-ring (bicyclic) bond motifs is 1. The number of hydrogen-bond donors (Lipinski definition) is 2. The Labute approximate surface area is 121 Å². The molecular formula is C14H16N4O3. The van der Waals surface area contributed by atoms with E-state index >= 15 is 0 Å². The summed E-state index contributed by atoms with van der Waals surface area (Å²) in [5.41, 5.74) is 7.37. The average Bonchev–Trinajstić information content (AvgIpc) is 2.46. The Bertz CT molecular complexity index is 659. The Kier molecular flexibility index (Phi) is 4.78. The van der Waals surface area contributed by atoms with Gasteiger partial charge in [-0.1, -0.05) is 12.1 Å². The molecule has 0 fully saturated rings. The highest BCUT2D eigenvalue weighted by Gasteiger charge is 2.19. The fourth-order valence-corrected chi connectivity index (χ4v) is 1.89. The first kappa shape index (κ1) is 14.9. The van der Waals surface area contributed by atoms with E-state index in [2.05, 4.69) is 15.3 Å². The van der Waals surface area contributed by atoms with Crippen molar-refractivity contribution in [2.45, 2.75) is 12.5 Å². The number of primary amides is 1. The van der Waals surface area contributed by atoms with E-state index < -0.39 is 17.9 Å². The Morgan fingerprint density at radius 1 is 1.33 bits per heavy atom. The summed E-state index contributed by atoms with van der Waals surface area (Å²) in [6, 6.07) is 6.55. The predicted octanol–water partition coefficient (Wildman–Crippen LogP) is -0.211. The maximum absolute atomic E-state index is 11.5. The number of methoxy groups -OCH3 is 1. The van der Waals surface area contributed by atoms with Crippen LogP contribution in [-0.4, -0.2) is 41.5 Å². The summed E-state index contributed by atoms with van der Waals surface area (Å²) >= 11 is 0. The molecule has 0 bridgehead atoms. The van der Waals surface area contributed by atoms with Gasteiger partial charge in [-0.15, -0.1) is 0 Å². The first-order valence-corrected chi connectivity index (χ1v) is 6.38. The van der Waals surface area contributed by atoms with Gasteiger partial charge in [0, 0.05) is 19.7 Å². The normalized spacial score (nSPS) is 12.0. The second kappa shape index (κ2) is 6.76. The molecule has 7 heteroatoms. The molecule has 110 valence electrons. The van der Waals surface area contributed by atoms with Crippen LogP contribution in [0.5, 0.6) is 0 Å². The highest BCUT2D eigenvalue weighted by atomic mass is 16.5. The molecule has 0 spiro atoms. The number of amides is 2. The second-order valence-corrected chi connectivity index (χ2v) is 4.51. The Hall–Kier alpha value is -2.54. The van der Waals surface area contributed by atoms with E-state index in [-0.39, 0.29) is 13.0 Å². The Balaban J connectivity index is 2.14. The number of aromatic nitrogens is 2. The van der Waals surface area contributed by atoms with Gasteiger partial charge in [-0.3, -0.25) is 14.6 Å². The van der Waals surface area contributed by atoms with Crippen LogP contribution < -0.4 is 11.1 Å². The lowest BCUT2D eigenvalue weighted by molar-refractivity contribution is -0.129. The molecule has 1 atom stereocenters. The molecule has 0 saturated carbocycles. The van der Waals surface area contributed by atoms with E-state index in [9.17, 15) is 9.59 Å². The summed E-state index contributed by atoms with van der Waals surface area (Å²) in [5, 5.41) is 2.51. The van der Waals surface area contributed by atoms with E-state index in [1.165, 1.54) is 7.11 Å². The van der Waals surface area contributed by atoms with Crippen LogP contribution in [0.1, 0.15) is 5.69 Å². The summed E-state index contributed by atoms with van der Waals surface area (Å²) in [7, 11) is 1.40. The maximum atomic E-state index is 11.5. The van der Waals surface area contributed by atoms with Crippen molar-refractivity contribution >= 4 is 22.8 Å². The average molecular weight is 288 g/mol. The molecule has 0 unspecified atom stereocenters. The van der Waals surface area contributed by atoms with Crippen molar-refractivity contribution in [3.05, 3.63) is 36.2 Å². The summed E-state index contributed by atoms with van der Waals surface area (Å²) < 4.78 is 4.70. The minimum Gasteiger partial charge on any atom is -0.375 e. The minimum absolute atomic E-state index is 0.132. The zero-order chi connectivity index (χ0) is 15.2. The maximum Gasteiger partial charge on any atom is 0.246 e. The smallest absolute Gasteiger partial charge is 0.246 e. The van der Waals surface area contributed by atoms with Gasteiger partial charge in [0.05, 0.1) is 16.7 Å². The van der Waals surface area contributed by atoms with E-state index in [4.69, 9.17) is 10.5 Å². The molecular weight excluding hydrogens is 272 g/mol. The summed E-state index contributed by atoms with van der Waals surface area (Å²) in [5.74, 6) is -1.04. The number of nitrogens with two attached hydrogens (primary N) is 1. The fraction of sp³-hybridized carbons (Fsp3) is 0.286. The molecule has 0 radical (unpaired) electrons. The largest absolute Gasteiger partial charge is 0.375 e. The van der Waals surface area contributed by atoms with Gasteiger partial charge < -0.3 is 15.8 Å². The van der Waals surface area contributed by atoms with Crippen molar-refractivity contribution in [2.24, 2.45) is 5.73 Å². The third-order valence-electron chi connectivity index (χ3n) is 2.87. The standard InChI is InChI=1S/C14H16N4O3/c1-21-8-13(19)18-12(14(15)20)6-9-7-16-10-4-2-3-5-11(10)17-9/h2-5,7,12H,6,8H2,1H3,(H2,15,20)(H,18,19)/t12-/m0/s1. The lowest BCUT2D eigenvalue weighted by Crippen LogP contribution is -2.47. The number of nitrogens with zero attached hydrogens (tertiary/aromatic N) is 2. The van der Waals surface area contributed by atoms with Crippen molar-refractivity contribution in [1.82, 2.24) is 15.3 Å². The van der Waals surface area contributed by atoms with Gasteiger partial charge >= 0.3 is 0 Å². The van der Waals surface area contributed by atoms with Gasteiger partial charge in [0.25, 0.3) is 0 Å². The molecule has 1 aromatic heterocycles. The van der Waals surface area contributed by atoms with Crippen LogP contribution in [0.4, 0.5) is 0 Å². The van der Waals surface area contributed by atoms with Crippen molar-refractivity contribution in [1.29, 1.82) is 0 Å². The van der Waals surface area contributed by atoms with Gasteiger partial charge in [0.2, 0.25) is 11.8 Å². The third kappa shape index (κ3) is 3.96. The molecule has 0 saturated heterocycles. The van der Waals surface area contributed by atoms with E-state index in [0.29, 0.717) is 5.69 Å². The molecule has 1 heterocycles. The lowest BCUT2D eigenvalue weighted by Gasteiger charge is -2.14. The SMILES string of the molecule is COCC(=O)N[C@@H](Cc1cnc2ccccc2n1)C(N)=O. The van der Waals surface area contributed by atoms with Crippen LogP contribution in [0.3, 0.4) is 0 Å². The predicted molar refractivity (Wildman–Crippen MR) is 76.2 cm³/mol. The molecule has 0 aliphatic carbocycles. The van der Waals surface area contributed by atoms with Crippen LogP contribution in [0.15, 0.2) is 30.5 Å². The molecule has 7 nitrogen and oxygen atoms in total. The van der Waals surface area contributed by atoms with Crippen molar-refractivity contribution in [2.75, 3.05) is 13.7 Å². The van der Waals surface area contributed by atoms with E-state index in [1.54, 1.807) is 6.20 Å². The first-order valence-electron chi connectivity index (χ1n) is 6.38. The van der Waals surface area contributed by atoms with E-state index in [1.807, 2.05) is 24.3 Å². The quantitative estimate of drug-likeness (QED) is 0.764. The number of carbonyl (C=O) groups excluding carboxylic acids is 2. The number of carbonyl (C=O) groups is 2. The minimum atomic E-state index is -0.844. The molecule has 21 heavy (non-hydrogen) atoms. The van der Waals surface area contributed by atoms with Crippen LogP contribution in [0.25, 0.3) is 11.0 Å². The van der Waals surface area contributed by atoms with Gasteiger partial charge in [-0.25, -0.2) is 4.98 Å². The van der Waals surface area contributed by atoms with Gasteiger partial charge in [0.15, 0.2) is 0 Å². The topological polar surface area (TPSA) is 107 Å². The zero-order valence-corrected chi connectivity index (χ0v) is 11.6. The Morgan fingerprint density at radius 2 is 2.05 bits per heavy atom. The fourth-order valence-electron chi connectivity index (χ4n) is 1.89. The Morgan fingerprint density at radius 3 is 2.71 bits per heavy atom. The van der Waals surface area contributed by atoms with Crippen LogP contribution in [-0.2, 0) is 20.7 Å². The third-order valence-corrected chi connectivity index (χ3v) is 2.87. The molecule has 0 aliphatic rings. The highest BCUT2D eigenvalue weighted by Crippen LogP contribution is 2.09. The highest BCUT2D eigenvalue weighted by molar-refractivity contribution is 5.87. The van der Waals surface area contributed by atoms with Crippen molar-refractivity contribution in [3.63, 3.8) is 0 Å². The molecule has 0 aliphatic heterocycles. The molecule has 2 rings (SSSR count). The molecule has 1 aromatic carbocycles. The van der Waals surface area contributed by atoms with Gasteiger partial charge in [0.1, 0.15) is 12.6 Å². The van der Waals surface area contributed by atoms with E-state index in [0.717, 1.165) is 11.0 Å².